The van der Waals surface area contributed by atoms with Gasteiger partial charge in [0.25, 0.3) is 5.69 Å². The molecule has 5 nitrogen and oxygen atoms in total. The third kappa shape index (κ3) is 2.18. The highest BCUT2D eigenvalue weighted by Crippen LogP contribution is 2.37. The molecule has 2 saturated heterocycles. The summed E-state index contributed by atoms with van der Waals surface area (Å²) in [6.45, 7) is 0. The van der Waals surface area contributed by atoms with Gasteiger partial charge < -0.3 is 10.1 Å². The van der Waals surface area contributed by atoms with Crippen molar-refractivity contribution >= 4 is 34.0 Å². The average Bonchev–Trinajstić information content (AvgIpc) is 2.93. The molecule has 6 heteroatoms. The number of anilines is 1. The summed E-state index contributed by atoms with van der Waals surface area (Å²) in [6, 6.07) is 5.47. The molecule has 1 N–H and O–H groups in total. The van der Waals surface area contributed by atoms with E-state index in [2.05, 4.69) is 27.9 Å². The summed E-state index contributed by atoms with van der Waals surface area (Å²) < 4.78 is 6.62. The van der Waals surface area contributed by atoms with E-state index in [4.69, 9.17) is 4.74 Å². The molecule has 0 radical (unpaired) electrons. The van der Waals surface area contributed by atoms with Crippen LogP contribution in [0, 0.1) is 13.7 Å². The van der Waals surface area contributed by atoms with E-state index in [9.17, 15) is 10.1 Å². The van der Waals surface area contributed by atoms with Crippen LogP contribution in [0.3, 0.4) is 0 Å². The van der Waals surface area contributed by atoms with Crippen LogP contribution in [-0.4, -0.2) is 23.2 Å². The summed E-state index contributed by atoms with van der Waals surface area (Å²) >= 11 is 2.08. The van der Waals surface area contributed by atoms with Crippen molar-refractivity contribution in [2.45, 2.75) is 37.5 Å². The first kappa shape index (κ1) is 12.2. The van der Waals surface area contributed by atoms with Crippen molar-refractivity contribution in [2.75, 3.05) is 5.32 Å². The molecule has 0 amide bonds. The molecule has 2 heterocycles. The van der Waals surface area contributed by atoms with E-state index in [1.807, 2.05) is 6.07 Å². The van der Waals surface area contributed by atoms with Crippen molar-refractivity contribution < 1.29 is 9.66 Å². The van der Waals surface area contributed by atoms with Crippen molar-refractivity contribution in [3.8, 4) is 0 Å². The lowest BCUT2D eigenvalue weighted by molar-refractivity contribution is -0.384. The Bertz CT molecular complexity index is 494. The van der Waals surface area contributed by atoms with Crippen LogP contribution in [0.2, 0.25) is 0 Å². The molecule has 3 rings (SSSR count). The van der Waals surface area contributed by atoms with Crippen LogP contribution in [0.1, 0.15) is 19.3 Å². The van der Waals surface area contributed by atoms with Gasteiger partial charge in [-0.15, -0.1) is 0 Å². The number of rotatable bonds is 3. The number of nitrogens with one attached hydrogen (secondary N) is 1. The molecule has 2 aliphatic heterocycles. The van der Waals surface area contributed by atoms with E-state index in [1.165, 1.54) is 0 Å². The molecule has 2 aliphatic rings. The van der Waals surface area contributed by atoms with E-state index in [1.54, 1.807) is 12.1 Å². The van der Waals surface area contributed by atoms with Crippen molar-refractivity contribution in [3.63, 3.8) is 0 Å². The van der Waals surface area contributed by atoms with Crippen LogP contribution in [0.5, 0.6) is 0 Å². The molecule has 96 valence electrons. The topological polar surface area (TPSA) is 64.4 Å². The average molecular weight is 360 g/mol. The quantitative estimate of drug-likeness (QED) is 0.512. The minimum Gasteiger partial charge on any atom is -0.374 e. The fraction of sp³-hybridized carbons (Fsp3) is 0.500. The number of benzene rings is 1. The normalized spacial score (nSPS) is 29.5. The fourth-order valence-corrected chi connectivity index (χ4v) is 3.24. The Hall–Kier alpha value is -0.890. The highest BCUT2D eigenvalue weighted by atomic mass is 127. The lowest BCUT2D eigenvalue weighted by atomic mass is 9.95. The van der Waals surface area contributed by atoms with Gasteiger partial charge in [-0.2, -0.15) is 0 Å². The Morgan fingerprint density at radius 1 is 1.44 bits per heavy atom. The molecular formula is C12H13IN2O3. The molecule has 1 aromatic rings. The Morgan fingerprint density at radius 3 is 2.89 bits per heavy atom. The van der Waals surface area contributed by atoms with Crippen LogP contribution in [-0.2, 0) is 4.74 Å². The Labute approximate surface area is 118 Å². The number of nitrogens with zero attached hydrogens (tertiary/aromatic N) is 1. The number of halogens is 1. The van der Waals surface area contributed by atoms with E-state index in [0.29, 0.717) is 11.8 Å². The zero-order valence-electron chi connectivity index (χ0n) is 9.64. The molecular weight excluding hydrogens is 347 g/mol. The second kappa shape index (κ2) is 4.65. The SMILES string of the molecule is O=[N+]([O-])c1cc(I)ccc1NC1CC2CCC1O2. The zero-order valence-corrected chi connectivity index (χ0v) is 11.8. The maximum atomic E-state index is 11.0. The van der Waals surface area contributed by atoms with Gasteiger partial charge in [0.1, 0.15) is 5.69 Å². The summed E-state index contributed by atoms with van der Waals surface area (Å²) in [7, 11) is 0. The van der Waals surface area contributed by atoms with E-state index < -0.39 is 0 Å². The summed E-state index contributed by atoms with van der Waals surface area (Å²) in [5, 5.41) is 14.3. The van der Waals surface area contributed by atoms with Gasteiger partial charge in [-0.3, -0.25) is 10.1 Å². The standard InChI is InChI=1S/C12H13IN2O3/c13-7-1-3-9(11(5-7)15(16)17)14-10-6-8-2-4-12(10)18-8/h1,3,5,8,10,12,14H,2,4,6H2. The van der Waals surface area contributed by atoms with Crippen LogP contribution in [0.15, 0.2) is 18.2 Å². The minimum atomic E-state index is -0.335. The second-order valence-corrected chi connectivity index (χ2v) is 6.02. The molecule has 0 aliphatic carbocycles. The highest BCUT2D eigenvalue weighted by Gasteiger charge is 2.41. The summed E-state index contributed by atoms with van der Waals surface area (Å²) in [6.07, 6.45) is 3.69. The molecule has 2 bridgehead atoms. The lowest BCUT2D eigenvalue weighted by Crippen LogP contribution is -2.30. The van der Waals surface area contributed by atoms with Crippen molar-refractivity contribution in [1.29, 1.82) is 0 Å². The van der Waals surface area contributed by atoms with Crippen molar-refractivity contribution in [3.05, 3.63) is 31.9 Å². The largest absolute Gasteiger partial charge is 0.374 e. The molecule has 0 spiro atoms. The molecule has 3 unspecified atom stereocenters. The number of hydrogen-bond donors (Lipinski definition) is 1. The molecule has 0 saturated carbocycles. The van der Waals surface area contributed by atoms with E-state index in [0.717, 1.165) is 22.8 Å². The zero-order chi connectivity index (χ0) is 12.7. The number of nitro benzene ring substituents is 1. The molecule has 2 fully saturated rings. The van der Waals surface area contributed by atoms with Crippen LogP contribution in [0.4, 0.5) is 11.4 Å². The van der Waals surface area contributed by atoms with Crippen LogP contribution >= 0.6 is 22.6 Å². The Morgan fingerprint density at radius 2 is 2.28 bits per heavy atom. The number of ether oxygens (including phenoxy) is 1. The van der Waals surface area contributed by atoms with Gasteiger partial charge in [0.2, 0.25) is 0 Å². The smallest absolute Gasteiger partial charge is 0.293 e. The second-order valence-electron chi connectivity index (χ2n) is 4.78. The van der Waals surface area contributed by atoms with Gasteiger partial charge in [-0.1, -0.05) is 0 Å². The molecule has 3 atom stereocenters. The first-order chi connectivity index (χ1) is 8.63. The monoisotopic (exact) mass is 360 g/mol. The van der Waals surface area contributed by atoms with E-state index in [-0.39, 0.29) is 22.8 Å². The predicted molar refractivity (Wildman–Crippen MR) is 75.7 cm³/mol. The molecule has 18 heavy (non-hydrogen) atoms. The summed E-state index contributed by atoms with van der Waals surface area (Å²) in [5.74, 6) is 0. The summed E-state index contributed by atoms with van der Waals surface area (Å²) in [5.41, 5.74) is 0.742. The minimum absolute atomic E-state index is 0.143. The number of fused-ring (bicyclic) bond motifs is 2. The van der Waals surface area contributed by atoms with Gasteiger partial charge in [0.15, 0.2) is 0 Å². The van der Waals surface area contributed by atoms with Crippen LogP contribution in [0.25, 0.3) is 0 Å². The summed E-state index contributed by atoms with van der Waals surface area (Å²) in [4.78, 5) is 10.7. The number of nitro groups is 1. The number of hydrogen-bond acceptors (Lipinski definition) is 4. The third-order valence-corrected chi connectivity index (χ3v) is 4.27. The Balaban J connectivity index is 1.82. The van der Waals surface area contributed by atoms with Crippen molar-refractivity contribution in [1.82, 2.24) is 0 Å². The highest BCUT2D eigenvalue weighted by molar-refractivity contribution is 14.1. The van der Waals surface area contributed by atoms with Crippen molar-refractivity contribution in [2.24, 2.45) is 0 Å². The van der Waals surface area contributed by atoms with Crippen LogP contribution < -0.4 is 5.32 Å². The van der Waals surface area contributed by atoms with Gasteiger partial charge >= 0.3 is 0 Å². The Kier molecular flexibility index (Phi) is 3.14. The fourth-order valence-electron chi connectivity index (χ4n) is 2.77. The lowest BCUT2D eigenvalue weighted by Gasteiger charge is -2.21. The predicted octanol–water partition coefficient (Wildman–Crippen LogP) is 2.93. The maximum Gasteiger partial charge on any atom is 0.293 e. The first-order valence-electron chi connectivity index (χ1n) is 5.99. The third-order valence-electron chi connectivity index (χ3n) is 3.60. The van der Waals surface area contributed by atoms with Gasteiger partial charge in [0, 0.05) is 9.64 Å². The van der Waals surface area contributed by atoms with Gasteiger partial charge in [0.05, 0.1) is 23.2 Å². The maximum absolute atomic E-state index is 11.0. The van der Waals surface area contributed by atoms with Gasteiger partial charge in [-0.05, 0) is 54.0 Å². The van der Waals surface area contributed by atoms with E-state index >= 15 is 0 Å². The molecule has 1 aromatic carbocycles. The molecule has 0 aromatic heterocycles. The first-order valence-corrected chi connectivity index (χ1v) is 7.07. The van der Waals surface area contributed by atoms with Gasteiger partial charge in [-0.25, -0.2) is 0 Å².